The minimum absolute atomic E-state index is 0.124. The van der Waals surface area contributed by atoms with Crippen molar-refractivity contribution >= 4 is 33.4 Å². The van der Waals surface area contributed by atoms with Crippen LogP contribution in [-0.2, 0) is 4.79 Å². The number of nitro groups is 1. The van der Waals surface area contributed by atoms with E-state index in [1.807, 2.05) is 6.92 Å². The van der Waals surface area contributed by atoms with Crippen LogP contribution in [0.15, 0.2) is 16.7 Å². The fraction of sp³-hybridized carbons (Fsp3) is 0.538. The Morgan fingerprint density at radius 3 is 2.90 bits per heavy atom. The fourth-order valence-corrected chi connectivity index (χ4v) is 3.46. The molecule has 2 heterocycles. The third-order valence-electron chi connectivity index (χ3n) is 3.82. The molecule has 1 fully saturated rings. The van der Waals surface area contributed by atoms with E-state index in [9.17, 15) is 20.0 Å². The van der Waals surface area contributed by atoms with Crippen LogP contribution < -0.4 is 4.90 Å². The number of anilines is 1. The lowest BCUT2D eigenvalue weighted by molar-refractivity contribution is -0.385. The van der Waals surface area contributed by atoms with Gasteiger partial charge in [-0.1, -0.05) is 13.3 Å². The number of carbonyl (C=O) groups is 1. The quantitative estimate of drug-likeness (QED) is 0.642. The molecule has 0 aliphatic carbocycles. The number of aliphatic carboxylic acids is 1. The monoisotopic (exact) mass is 357 g/mol. The second kappa shape index (κ2) is 5.97. The Morgan fingerprint density at radius 2 is 2.38 bits per heavy atom. The van der Waals surface area contributed by atoms with E-state index >= 15 is 0 Å². The van der Waals surface area contributed by atoms with Crippen molar-refractivity contribution in [1.82, 2.24) is 4.98 Å². The van der Waals surface area contributed by atoms with Crippen LogP contribution in [0.1, 0.15) is 32.6 Å². The van der Waals surface area contributed by atoms with Gasteiger partial charge < -0.3 is 10.0 Å². The summed E-state index contributed by atoms with van der Waals surface area (Å²) in [5, 5.41) is 20.4. The van der Waals surface area contributed by atoms with Crippen LogP contribution in [0, 0.1) is 10.1 Å². The first kappa shape index (κ1) is 15.7. The maximum Gasteiger partial charge on any atom is 0.329 e. The number of hydrogen-bond acceptors (Lipinski definition) is 5. The lowest BCUT2D eigenvalue weighted by Gasteiger charge is -2.35. The lowest BCUT2D eigenvalue weighted by Crippen LogP contribution is -2.51. The molecule has 0 saturated carbocycles. The van der Waals surface area contributed by atoms with Gasteiger partial charge in [-0.3, -0.25) is 10.1 Å². The summed E-state index contributed by atoms with van der Waals surface area (Å²) >= 11 is 3.28. The van der Waals surface area contributed by atoms with E-state index in [-0.39, 0.29) is 5.69 Å². The summed E-state index contributed by atoms with van der Waals surface area (Å²) in [6.45, 7) is 2.52. The van der Waals surface area contributed by atoms with Crippen LogP contribution in [-0.4, -0.2) is 33.1 Å². The highest BCUT2D eigenvalue weighted by molar-refractivity contribution is 9.10. The molecule has 0 radical (unpaired) electrons. The van der Waals surface area contributed by atoms with Gasteiger partial charge in [0.1, 0.15) is 17.6 Å². The zero-order valence-corrected chi connectivity index (χ0v) is 13.2. The van der Waals surface area contributed by atoms with Gasteiger partial charge in [-0.2, -0.15) is 0 Å². The van der Waals surface area contributed by atoms with Gasteiger partial charge >= 0.3 is 5.97 Å². The molecule has 1 aliphatic rings. The highest BCUT2D eigenvalue weighted by Crippen LogP contribution is 2.40. The zero-order chi connectivity index (χ0) is 15.6. The van der Waals surface area contributed by atoms with Crippen molar-refractivity contribution in [2.75, 3.05) is 11.4 Å². The van der Waals surface area contributed by atoms with Crippen molar-refractivity contribution in [3.8, 4) is 0 Å². The van der Waals surface area contributed by atoms with E-state index in [1.165, 1.54) is 6.07 Å². The van der Waals surface area contributed by atoms with Crippen molar-refractivity contribution < 1.29 is 14.8 Å². The van der Waals surface area contributed by atoms with E-state index in [1.54, 1.807) is 4.90 Å². The highest BCUT2D eigenvalue weighted by atomic mass is 79.9. The molecule has 1 aromatic rings. The minimum Gasteiger partial charge on any atom is -0.479 e. The Balaban J connectivity index is 2.44. The number of nitrogens with zero attached hydrogens (tertiary/aromatic N) is 3. The summed E-state index contributed by atoms with van der Waals surface area (Å²) in [5.41, 5.74) is -1.10. The summed E-state index contributed by atoms with van der Waals surface area (Å²) in [5.74, 6) is -0.414. The third kappa shape index (κ3) is 2.72. The van der Waals surface area contributed by atoms with Gasteiger partial charge in [-0.15, -0.1) is 0 Å². The first-order valence-corrected chi connectivity index (χ1v) is 7.52. The molecule has 1 saturated heterocycles. The Kier molecular flexibility index (Phi) is 4.46. The third-order valence-corrected chi connectivity index (χ3v) is 4.41. The average Bonchev–Trinajstić information content (AvgIpc) is 2.84. The number of hydrogen-bond donors (Lipinski definition) is 1. The van der Waals surface area contributed by atoms with E-state index in [4.69, 9.17) is 0 Å². The summed E-state index contributed by atoms with van der Waals surface area (Å²) in [6.07, 6.45) is 3.75. The van der Waals surface area contributed by atoms with Gasteiger partial charge in [0.25, 0.3) is 5.69 Å². The number of rotatable bonds is 5. The van der Waals surface area contributed by atoms with Gasteiger partial charge in [0.05, 0.1) is 9.40 Å². The lowest BCUT2D eigenvalue weighted by atomic mass is 9.90. The zero-order valence-electron chi connectivity index (χ0n) is 11.6. The van der Waals surface area contributed by atoms with Crippen LogP contribution in [0.25, 0.3) is 0 Å². The number of pyridine rings is 1. The van der Waals surface area contributed by atoms with Crippen molar-refractivity contribution in [2.24, 2.45) is 0 Å². The smallest absolute Gasteiger partial charge is 0.329 e. The van der Waals surface area contributed by atoms with Crippen LogP contribution >= 0.6 is 15.9 Å². The van der Waals surface area contributed by atoms with E-state index in [0.717, 1.165) is 19.0 Å². The Morgan fingerprint density at radius 1 is 1.67 bits per heavy atom. The van der Waals surface area contributed by atoms with E-state index in [0.29, 0.717) is 29.7 Å². The minimum atomic E-state index is -0.972. The van der Waals surface area contributed by atoms with E-state index in [2.05, 4.69) is 20.9 Å². The Bertz CT molecular complexity index is 581. The number of aromatic nitrogens is 1. The maximum absolute atomic E-state index is 11.8. The van der Waals surface area contributed by atoms with Crippen LogP contribution in [0.2, 0.25) is 0 Å². The molecule has 0 spiro atoms. The molecule has 0 bridgehead atoms. The molecule has 2 rings (SSSR count). The van der Waals surface area contributed by atoms with E-state index < -0.39 is 16.4 Å². The van der Waals surface area contributed by atoms with Crippen molar-refractivity contribution in [3.05, 3.63) is 26.9 Å². The normalized spacial score (nSPS) is 21.5. The molecule has 1 unspecified atom stereocenters. The summed E-state index contributed by atoms with van der Waals surface area (Å²) < 4.78 is 0.445. The molecule has 8 heteroatoms. The van der Waals surface area contributed by atoms with Gasteiger partial charge in [0.15, 0.2) is 0 Å². The van der Waals surface area contributed by atoms with Crippen molar-refractivity contribution in [1.29, 1.82) is 0 Å². The summed E-state index contributed by atoms with van der Waals surface area (Å²) in [4.78, 5) is 27.9. The second-order valence-electron chi connectivity index (χ2n) is 5.10. The highest BCUT2D eigenvalue weighted by Gasteiger charge is 2.48. The predicted octanol–water partition coefficient (Wildman–Crippen LogP) is 2.98. The molecule has 0 amide bonds. The molecule has 21 heavy (non-hydrogen) atoms. The molecule has 1 aromatic heterocycles. The van der Waals surface area contributed by atoms with Gasteiger partial charge in [-0.25, -0.2) is 9.78 Å². The van der Waals surface area contributed by atoms with Gasteiger partial charge in [0, 0.05) is 12.6 Å². The Labute approximate surface area is 130 Å². The largest absolute Gasteiger partial charge is 0.479 e. The molecule has 1 N–H and O–H groups in total. The maximum atomic E-state index is 11.8. The molecule has 114 valence electrons. The van der Waals surface area contributed by atoms with Gasteiger partial charge in [0.2, 0.25) is 0 Å². The average molecular weight is 358 g/mol. The van der Waals surface area contributed by atoms with Gasteiger partial charge in [-0.05, 0) is 35.2 Å². The number of carboxylic acids is 1. The molecular weight excluding hydrogens is 342 g/mol. The molecule has 1 aliphatic heterocycles. The van der Waals surface area contributed by atoms with Crippen LogP contribution in [0.3, 0.4) is 0 Å². The Hall–Kier alpha value is -1.70. The SMILES string of the molecule is CCCC1(C(=O)O)CCCN1c1ncc([N+](=O)[O-])cc1Br. The molecule has 1 atom stereocenters. The van der Waals surface area contributed by atoms with Crippen molar-refractivity contribution in [2.45, 2.75) is 38.1 Å². The van der Waals surface area contributed by atoms with Crippen LogP contribution in [0.4, 0.5) is 11.5 Å². The first-order valence-electron chi connectivity index (χ1n) is 6.73. The predicted molar refractivity (Wildman–Crippen MR) is 80.4 cm³/mol. The molecule has 7 nitrogen and oxygen atoms in total. The summed E-state index contributed by atoms with van der Waals surface area (Å²) in [7, 11) is 0. The first-order chi connectivity index (χ1) is 9.92. The fourth-order valence-electron chi connectivity index (χ4n) is 2.91. The molecule has 0 aromatic carbocycles. The number of carboxylic acid groups (broad SMARTS) is 1. The standard InChI is InChI=1S/C13H16BrN3O4/c1-2-4-13(12(18)19)5-3-6-16(13)11-10(14)7-9(8-15-11)17(20)21/h7-8H,2-6H2,1H3,(H,18,19). The second-order valence-corrected chi connectivity index (χ2v) is 5.95. The molecular formula is C13H16BrN3O4. The summed E-state index contributed by atoms with van der Waals surface area (Å²) in [6, 6.07) is 1.36. The van der Waals surface area contributed by atoms with Crippen molar-refractivity contribution in [3.63, 3.8) is 0 Å². The number of halogens is 1. The topological polar surface area (TPSA) is 96.6 Å². The van der Waals surface area contributed by atoms with Crippen LogP contribution in [0.5, 0.6) is 0 Å².